The van der Waals surface area contributed by atoms with E-state index in [0.717, 1.165) is 6.42 Å². The minimum atomic E-state index is -0.521. The second-order valence-corrected chi connectivity index (χ2v) is 7.38. The van der Waals surface area contributed by atoms with Gasteiger partial charge in [-0.05, 0) is 19.3 Å². The van der Waals surface area contributed by atoms with Crippen LogP contribution < -0.4 is 0 Å². The van der Waals surface area contributed by atoms with Crippen molar-refractivity contribution >= 4 is 11.9 Å². The lowest BCUT2D eigenvalue weighted by atomic mass is 10.0. The molecule has 3 heteroatoms. The molecule has 1 rings (SSSR count). The third kappa shape index (κ3) is 11.2. The quantitative estimate of drug-likeness (QED) is 0.130. The molecule has 0 aliphatic carbocycles. The first-order valence-corrected chi connectivity index (χ1v) is 10.7. The van der Waals surface area contributed by atoms with Crippen molar-refractivity contribution in [1.29, 1.82) is 0 Å². The molecule has 144 valence electrons. The molecule has 3 nitrogen and oxygen atoms in total. The van der Waals surface area contributed by atoms with Crippen LogP contribution in [0.5, 0.6) is 0 Å². The van der Waals surface area contributed by atoms with Crippen molar-refractivity contribution in [2.75, 3.05) is 0 Å². The van der Waals surface area contributed by atoms with E-state index in [1.807, 2.05) is 6.08 Å². The molecule has 0 radical (unpaired) electrons. The summed E-state index contributed by atoms with van der Waals surface area (Å²) in [7, 11) is 0. The molecule has 0 N–H and O–H groups in total. The number of unbranched alkanes of at least 4 members (excludes halogenated alkanes) is 14. The molecule has 25 heavy (non-hydrogen) atoms. The van der Waals surface area contributed by atoms with Crippen LogP contribution >= 0.6 is 0 Å². The maximum atomic E-state index is 11.0. The largest absolute Gasteiger partial charge is 0.392 e. The van der Waals surface area contributed by atoms with Crippen LogP contribution in [0.4, 0.5) is 0 Å². The maximum absolute atomic E-state index is 11.0. The zero-order valence-electron chi connectivity index (χ0n) is 16.3. The first kappa shape index (κ1) is 21.9. The monoisotopic (exact) mass is 350 g/mol. The van der Waals surface area contributed by atoms with Crippen LogP contribution in [-0.2, 0) is 14.3 Å². The minimum absolute atomic E-state index is 0.369. The van der Waals surface area contributed by atoms with Gasteiger partial charge in [-0.1, -0.05) is 103 Å². The molecule has 0 aromatic carbocycles. The predicted molar refractivity (Wildman–Crippen MR) is 103 cm³/mol. The number of cyclic esters (lactones) is 2. The molecule has 0 unspecified atom stereocenters. The summed E-state index contributed by atoms with van der Waals surface area (Å²) in [5.74, 6) is -1.26. The Bertz CT molecular complexity index is 373. The zero-order chi connectivity index (χ0) is 18.2. The number of allylic oxidation sites excluding steroid dienone is 2. The molecule has 1 heterocycles. The Balaban J connectivity index is 1.73. The summed E-state index contributed by atoms with van der Waals surface area (Å²) >= 11 is 0. The predicted octanol–water partition coefficient (Wildman–Crippen LogP) is 6.50. The molecular formula is C22H38O3. The average Bonchev–Trinajstić information content (AvgIpc) is 2.60. The molecular weight excluding hydrogens is 312 g/mol. The Morgan fingerprint density at radius 2 is 1.12 bits per heavy atom. The van der Waals surface area contributed by atoms with Gasteiger partial charge in [-0.15, -0.1) is 0 Å². The standard InChI is InChI=1S/C22H38O3/c1-2-3-4-5-6-7-8-9-10-11-12-13-14-15-16-17-18-19-20-21(23)25-22(20)24/h17-18,20H,2-16,19H2,1H3/b18-17+. The molecule has 0 amide bonds. The molecule has 1 saturated heterocycles. The zero-order valence-corrected chi connectivity index (χ0v) is 16.3. The second kappa shape index (κ2) is 15.2. The van der Waals surface area contributed by atoms with Gasteiger partial charge in [-0.25, -0.2) is 0 Å². The van der Waals surface area contributed by atoms with E-state index in [9.17, 15) is 9.59 Å². The summed E-state index contributed by atoms with van der Waals surface area (Å²) in [5, 5.41) is 0. The fraction of sp³-hybridized carbons (Fsp3) is 0.818. The summed E-state index contributed by atoms with van der Waals surface area (Å²) in [6.07, 6.45) is 24.9. The van der Waals surface area contributed by atoms with Crippen LogP contribution in [0.1, 0.15) is 110 Å². The fourth-order valence-electron chi connectivity index (χ4n) is 3.28. The highest BCUT2D eigenvalue weighted by Gasteiger charge is 2.40. The number of esters is 2. The Morgan fingerprint density at radius 1 is 0.680 bits per heavy atom. The van der Waals surface area contributed by atoms with Crippen molar-refractivity contribution in [3.63, 3.8) is 0 Å². The summed E-state index contributed by atoms with van der Waals surface area (Å²) in [4.78, 5) is 21.9. The first-order chi connectivity index (χ1) is 12.3. The lowest BCUT2D eigenvalue weighted by molar-refractivity contribution is -0.183. The fourth-order valence-corrected chi connectivity index (χ4v) is 3.28. The molecule has 1 aliphatic heterocycles. The van der Waals surface area contributed by atoms with Crippen LogP contribution in [-0.4, -0.2) is 11.9 Å². The number of rotatable bonds is 17. The van der Waals surface area contributed by atoms with E-state index in [1.54, 1.807) is 0 Å². The van der Waals surface area contributed by atoms with Gasteiger partial charge in [0.1, 0.15) is 0 Å². The third-order valence-corrected chi connectivity index (χ3v) is 5.03. The molecule has 0 bridgehead atoms. The Kier molecular flexibility index (Phi) is 13.3. The van der Waals surface area contributed by atoms with Crippen molar-refractivity contribution in [3.8, 4) is 0 Å². The van der Waals surface area contributed by atoms with Crippen molar-refractivity contribution in [2.24, 2.45) is 5.92 Å². The lowest BCUT2D eigenvalue weighted by Crippen LogP contribution is -2.40. The summed E-state index contributed by atoms with van der Waals surface area (Å²) < 4.78 is 4.32. The molecule has 0 saturated carbocycles. The van der Waals surface area contributed by atoms with Crippen LogP contribution in [0.25, 0.3) is 0 Å². The van der Waals surface area contributed by atoms with Crippen LogP contribution in [0.15, 0.2) is 12.2 Å². The number of ether oxygens (including phenoxy) is 1. The molecule has 0 aromatic heterocycles. The Morgan fingerprint density at radius 3 is 1.56 bits per heavy atom. The second-order valence-electron chi connectivity index (χ2n) is 7.38. The lowest BCUT2D eigenvalue weighted by Gasteiger charge is -2.19. The van der Waals surface area contributed by atoms with E-state index in [2.05, 4.69) is 17.7 Å². The van der Waals surface area contributed by atoms with Crippen LogP contribution in [0.3, 0.4) is 0 Å². The molecule has 1 aliphatic rings. The van der Waals surface area contributed by atoms with Gasteiger partial charge >= 0.3 is 11.9 Å². The van der Waals surface area contributed by atoms with Crippen LogP contribution in [0.2, 0.25) is 0 Å². The van der Waals surface area contributed by atoms with E-state index in [1.165, 1.54) is 89.9 Å². The van der Waals surface area contributed by atoms with Crippen LogP contribution in [0, 0.1) is 5.92 Å². The molecule has 1 fully saturated rings. The van der Waals surface area contributed by atoms with Gasteiger partial charge in [0.2, 0.25) is 0 Å². The number of hydrogen-bond acceptors (Lipinski definition) is 3. The van der Waals surface area contributed by atoms with Crippen molar-refractivity contribution < 1.29 is 14.3 Å². The molecule has 0 spiro atoms. The number of carbonyl (C=O) groups excluding carboxylic acids is 2. The van der Waals surface area contributed by atoms with Gasteiger partial charge in [-0.2, -0.15) is 0 Å². The highest BCUT2D eigenvalue weighted by Crippen LogP contribution is 2.19. The molecule has 0 atom stereocenters. The van der Waals surface area contributed by atoms with Crippen molar-refractivity contribution in [3.05, 3.63) is 12.2 Å². The highest BCUT2D eigenvalue weighted by molar-refractivity contribution is 6.09. The van der Waals surface area contributed by atoms with Crippen molar-refractivity contribution in [1.82, 2.24) is 0 Å². The summed E-state index contributed by atoms with van der Waals surface area (Å²) in [5.41, 5.74) is 0. The normalized spacial score (nSPS) is 14.9. The van der Waals surface area contributed by atoms with Gasteiger partial charge in [0, 0.05) is 0 Å². The van der Waals surface area contributed by atoms with E-state index < -0.39 is 5.92 Å². The van der Waals surface area contributed by atoms with Gasteiger partial charge in [0.25, 0.3) is 0 Å². The van der Waals surface area contributed by atoms with Gasteiger partial charge in [-0.3, -0.25) is 9.59 Å². The summed E-state index contributed by atoms with van der Waals surface area (Å²) in [6.45, 7) is 2.27. The molecule has 0 aromatic rings. The minimum Gasteiger partial charge on any atom is -0.392 e. The number of carbonyl (C=O) groups is 2. The van der Waals surface area contributed by atoms with Gasteiger partial charge < -0.3 is 4.74 Å². The van der Waals surface area contributed by atoms with Gasteiger partial charge in [0.05, 0.1) is 0 Å². The SMILES string of the molecule is CCCCCCCCCCCCCCCC/C=C/CC1C(=O)OC1=O. The topological polar surface area (TPSA) is 43.4 Å². The van der Waals surface area contributed by atoms with E-state index in [-0.39, 0.29) is 11.9 Å². The smallest absolute Gasteiger partial charge is 0.328 e. The average molecular weight is 351 g/mol. The first-order valence-electron chi connectivity index (χ1n) is 10.7. The van der Waals surface area contributed by atoms with Crippen molar-refractivity contribution in [2.45, 2.75) is 110 Å². The summed E-state index contributed by atoms with van der Waals surface area (Å²) in [6, 6.07) is 0. The van der Waals surface area contributed by atoms with E-state index >= 15 is 0 Å². The maximum Gasteiger partial charge on any atom is 0.328 e. The third-order valence-electron chi connectivity index (χ3n) is 5.03. The van der Waals surface area contributed by atoms with E-state index in [4.69, 9.17) is 0 Å². The Hall–Kier alpha value is -1.12. The van der Waals surface area contributed by atoms with Gasteiger partial charge in [0.15, 0.2) is 5.92 Å². The highest BCUT2D eigenvalue weighted by atomic mass is 16.6. The van der Waals surface area contributed by atoms with E-state index in [0.29, 0.717) is 6.42 Å². The Labute approximate surface area is 154 Å². The number of hydrogen-bond donors (Lipinski definition) is 0.